The molecule has 118 valence electrons. The highest BCUT2D eigenvalue weighted by atomic mass is 32.2. The minimum absolute atomic E-state index is 0.00806. The standard InChI is InChI=1S/C13H16N4O4S/c1-17(11-8-12(20-2)16-13(15-11)21-3)22(18,19)10-6-4-9(14)5-7-10/h4-8H,14H2,1-3H3. The fourth-order valence-corrected chi connectivity index (χ4v) is 2.81. The van der Waals surface area contributed by atoms with E-state index in [2.05, 4.69) is 9.97 Å². The Morgan fingerprint density at radius 2 is 1.73 bits per heavy atom. The number of nitrogens with two attached hydrogens (primary N) is 1. The van der Waals surface area contributed by atoms with Crippen LogP contribution < -0.4 is 19.5 Å². The summed E-state index contributed by atoms with van der Waals surface area (Å²) in [5.41, 5.74) is 6.05. The zero-order chi connectivity index (χ0) is 16.3. The van der Waals surface area contributed by atoms with Gasteiger partial charge >= 0.3 is 6.01 Å². The molecule has 0 aliphatic rings. The Morgan fingerprint density at radius 3 is 2.27 bits per heavy atom. The number of hydrogen-bond donors (Lipinski definition) is 1. The Hall–Kier alpha value is -2.55. The maximum Gasteiger partial charge on any atom is 0.321 e. The molecule has 0 radical (unpaired) electrons. The van der Waals surface area contributed by atoms with E-state index >= 15 is 0 Å². The average Bonchev–Trinajstić information content (AvgIpc) is 2.53. The normalized spacial score (nSPS) is 11.0. The monoisotopic (exact) mass is 324 g/mol. The van der Waals surface area contributed by atoms with Gasteiger partial charge in [0, 0.05) is 18.8 Å². The van der Waals surface area contributed by atoms with E-state index in [1.54, 1.807) is 0 Å². The van der Waals surface area contributed by atoms with Crippen LogP contribution in [0, 0.1) is 0 Å². The van der Waals surface area contributed by atoms with Gasteiger partial charge in [0.1, 0.15) is 0 Å². The van der Waals surface area contributed by atoms with Crippen molar-refractivity contribution in [3.05, 3.63) is 30.3 Å². The molecule has 2 N–H and O–H groups in total. The lowest BCUT2D eigenvalue weighted by Crippen LogP contribution is -2.27. The number of anilines is 2. The molecule has 2 aromatic rings. The summed E-state index contributed by atoms with van der Waals surface area (Å²) in [5, 5.41) is 0. The topological polar surface area (TPSA) is 108 Å². The molecule has 1 aromatic heterocycles. The largest absolute Gasteiger partial charge is 0.481 e. The zero-order valence-electron chi connectivity index (χ0n) is 12.3. The molecule has 8 nitrogen and oxygen atoms in total. The van der Waals surface area contributed by atoms with Crippen LogP contribution in [0.4, 0.5) is 11.5 Å². The highest BCUT2D eigenvalue weighted by Crippen LogP contribution is 2.25. The van der Waals surface area contributed by atoms with Crippen molar-refractivity contribution in [2.24, 2.45) is 0 Å². The molecule has 2 rings (SSSR count). The van der Waals surface area contributed by atoms with Gasteiger partial charge in [0.15, 0.2) is 5.82 Å². The third-order valence-electron chi connectivity index (χ3n) is 2.92. The first-order chi connectivity index (χ1) is 10.4. The van der Waals surface area contributed by atoms with Gasteiger partial charge in [-0.15, -0.1) is 0 Å². The molecule has 9 heteroatoms. The predicted octanol–water partition coefficient (Wildman–Crippen LogP) is 0.901. The van der Waals surface area contributed by atoms with E-state index in [0.29, 0.717) is 5.69 Å². The van der Waals surface area contributed by atoms with E-state index in [4.69, 9.17) is 15.2 Å². The van der Waals surface area contributed by atoms with Crippen molar-refractivity contribution in [1.29, 1.82) is 0 Å². The molecule has 0 aliphatic heterocycles. The van der Waals surface area contributed by atoms with Gasteiger partial charge in [0.05, 0.1) is 19.1 Å². The number of benzene rings is 1. The van der Waals surface area contributed by atoms with Gasteiger partial charge in [-0.25, -0.2) is 8.42 Å². The van der Waals surface area contributed by atoms with E-state index in [1.165, 1.54) is 51.6 Å². The summed E-state index contributed by atoms with van der Waals surface area (Å²) >= 11 is 0. The molecule has 0 bridgehead atoms. The highest BCUT2D eigenvalue weighted by Gasteiger charge is 2.23. The van der Waals surface area contributed by atoms with E-state index in [0.717, 1.165) is 4.31 Å². The van der Waals surface area contributed by atoms with Crippen molar-refractivity contribution in [3.8, 4) is 11.9 Å². The van der Waals surface area contributed by atoms with Crippen LogP contribution in [0.15, 0.2) is 35.2 Å². The molecule has 0 fully saturated rings. The van der Waals surface area contributed by atoms with E-state index in [9.17, 15) is 8.42 Å². The first-order valence-corrected chi connectivity index (χ1v) is 7.64. The molecular formula is C13H16N4O4S. The molecular weight excluding hydrogens is 308 g/mol. The molecule has 0 unspecified atom stereocenters. The second-order valence-electron chi connectivity index (χ2n) is 4.30. The van der Waals surface area contributed by atoms with Gasteiger partial charge in [-0.3, -0.25) is 4.31 Å². The first kappa shape index (κ1) is 15.8. The summed E-state index contributed by atoms with van der Waals surface area (Å²) in [6.45, 7) is 0. The number of aromatic nitrogens is 2. The third-order valence-corrected chi connectivity index (χ3v) is 4.70. The number of sulfonamides is 1. The SMILES string of the molecule is COc1cc(N(C)S(=O)(=O)c2ccc(N)cc2)nc(OC)n1. The van der Waals surface area contributed by atoms with Crippen LogP contribution in [0.5, 0.6) is 11.9 Å². The quantitative estimate of drug-likeness (QED) is 0.814. The summed E-state index contributed by atoms with van der Waals surface area (Å²) in [4.78, 5) is 8.04. The van der Waals surface area contributed by atoms with Gasteiger partial charge in [-0.1, -0.05) is 0 Å². The van der Waals surface area contributed by atoms with E-state index in [1.807, 2.05) is 0 Å². The number of hydrogen-bond acceptors (Lipinski definition) is 7. The Bertz CT molecular complexity index is 740. The van der Waals surface area contributed by atoms with Crippen LogP contribution in [0.3, 0.4) is 0 Å². The summed E-state index contributed by atoms with van der Waals surface area (Å²) in [6, 6.07) is 7.29. The van der Waals surface area contributed by atoms with Crippen molar-refractivity contribution in [1.82, 2.24) is 9.97 Å². The van der Waals surface area contributed by atoms with Gasteiger partial charge in [0.25, 0.3) is 10.0 Å². The molecule has 0 spiro atoms. The lowest BCUT2D eigenvalue weighted by molar-refractivity contribution is 0.352. The van der Waals surface area contributed by atoms with Crippen molar-refractivity contribution < 1.29 is 17.9 Å². The second kappa shape index (κ2) is 6.06. The van der Waals surface area contributed by atoms with Crippen LogP contribution in [-0.2, 0) is 10.0 Å². The van der Waals surface area contributed by atoms with Gasteiger partial charge in [-0.2, -0.15) is 9.97 Å². The average molecular weight is 324 g/mol. The summed E-state index contributed by atoms with van der Waals surface area (Å²) in [7, 11) is 0.398. The van der Waals surface area contributed by atoms with Gasteiger partial charge < -0.3 is 15.2 Å². The van der Waals surface area contributed by atoms with Gasteiger partial charge in [-0.05, 0) is 24.3 Å². The fourth-order valence-electron chi connectivity index (χ4n) is 1.67. The number of nitrogens with zero attached hydrogens (tertiary/aromatic N) is 3. The minimum Gasteiger partial charge on any atom is -0.481 e. The van der Waals surface area contributed by atoms with Crippen LogP contribution in [0.1, 0.15) is 0 Å². The Kier molecular flexibility index (Phi) is 4.36. The Morgan fingerprint density at radius 1 is 1.09 bits per heavy atom. The van der Waals surface area contributed by atoms with Crippen LogP contribution >= 0.6 is 0 Å². The maximum atomic E-state index is 12.6. The smallest absolute Gasteiger partial charge is 0.321 e. The van der Waals surface area contributed by atoms with Crippen molar-refractivity contribution in [2.75, 3.05) is 31.3 Å². The van der Waals surface area contributed by atoms with E-state index in [-0.39, 0.29) is 22.6 Å². The molecule has 0 aliphatic carbocycles. The molecule has 22 heavy (non-hydrogen) atoms. The highest BCUT2D eigenvalue weighted by molar-refractivity contribution is 7.92. The number of ether oxygens (including phenoxy) is 2. The molecule has 0 saturated heterocycles. The maximum absolute atomic E-state index is 12.6. The molecule has 1 heterocycles. The Balaban J connectivity index is 2.46. The summed E-state index contributed by atoms with van der Waals surface area (Å²) in [5.74, 6) is 0.321. The molecule has 1 aromatic carbocycles. The summed E-state index contributed by atoms with van der Waals surface area (Å²) < 4.78 is 36.1. The number of nitrogen functional groups attached to an aromatic ring is 1. The predicted molar refractivity (Wildman–Crippen MR) is 81.6 cm³/mol. The summed E-state index contributed by atoms with van der Waals surface area (Å²) in [6.07, 6.45) is 0. The van der Waals surface area contributed by atoms with Crippen LogP contribution in [-0.4, -0.2) is 39.7 Å². The number of rotatable bonds is 5. The lowest BCUT2D eigenvalue weighted by Gasteiger charge is -2.19. The second-order valence-corrected chi connectivity index (χ2v) is 6.27. The Labute approximate surface area is 128 Å². The van der Waals surface area contributed by atoms with Gasteiger partial charge in [0.2, 0.25) is 5.88 Å². The molecule has 0 atom stereocenters. The molecule has 0 saturated carbocycles. The van der Waals surface area contributed by atoms with Crippen molar-refractivity contribution >= 4 is 21.5 Å². The minimum atomic E-state index is -3.78. The van der Waals surface area contributed by atoms with Crippen LogP contribution in [0.25, 0.3) is 0 Å². The molecule has 0 amide bonds. The first-order valence-electron chi connectivity index (χ1n) is 6.20. The van der Waals surface area contributed by atoms with E-state index < -0.39 is 10.0 Å². The van der Waals surface area contributed by atoms with Crippen molar-refractivity contribution in [2.45, 2.75) is 4.90 Å². The number of methoxy groups -OCH3 is 2. The van der Waals surface area contributed by atoms with Crippen molar-refractivity contribution in [3.63, 3.8) is 0 Å². The third kappa shape index (κ3) is 3.03. The lowest BCUT2D eigenvalue weighted by atomic mass is 10.3. The zero-order valence-corrected chi connectivity index (χ0v) is 13.2. The van der Waals surface area contributed by atoms with Crippen LogP contribution in [0.2, 0.25) is 0 Å². The fraction of sp³-hybridized carbons (Fsp3) is 0.231.